The highest BCUT2D eigenvalue weighted by atomic mass is 16.3. The van der Waals surface area contributed by atoms with Crippen molar-refractivity contribution in [2.45, 2.75) is 77.0 Å². The Morgan fingerprint density at radius 2 is 1.84 bits per heavy atom. The van der Waals surface area contributed by atoms with Crippen LogP contribution in [0.5, 0.6) is 0 Å². The summed E-state index contributed by atoms with van der Waals surface area (Å²) in [7, 11) is 0. The van der Waals surface area contributed by atoms with Crippen LogP contribution in [0.4, 0.5) is 0 Å². The van der Waals surface area contributed by atoms with Gasteiger partial charge in [0.25, 0.3) is 0 Å². The van der Waals surface area contributed by atoms with Gasteiger partial charge in [0.1, 0.15) is 0 Å². The Hall–Kier alpha value is -0.120. The second-order valence-corrected chi connectivity index (χ2v) is 7.53. The van der Waals surface area contributed by atoms with Crippen LogP contribution in [-0.2, 0) is 0 Å². The van der Waals surface area contributed by atoms with Crippen molar-refractivity contribution >= 4 is 0 Å². The third-order valence-electron chi connectivity index (χ3n) is 4.67. The number of β-amino-alcohol motifs (C(OH)–C–C–N with tert-alkyl or cyclic N) is 1. The number of aliphatic hydroxyl groups excluding tert-OH is 1. The van der Waals surface area contributed by atoms with E-state index in [0.717, 1.165) is 18.5 Å². The Labute approximate surface area is 118 Å². The molecule has 1 heterocycles. The summed E-state index contributed by atoms with van der Waals surface area (Å²) in [5.74, 6) is 0.908. The minimum atomic E-state index is -0.236. The topological polar surface area (TPSA) is 35.5 Å². The van der Waals surface area contributed by atoms with Crippen molar-refractivity contribution in [3.63, 3.8) is 0 Å². The van der Waals surface area contributed by atoms with E-state index in [4.69, 9.17) is 0 Å². The van der Waals surface area contributed by atoms with Crippen LogP contribution in [0.3, 0.4) is 0 Å². The summed E-state index contributed by atoms with van der Waals surface area (Å²) in [5.41, 5.74) is 0.0935. The zero-order valence-corrected chi connectivity index (χ0v) is 13.0. The van der Waals surface area contributed by atoms with Crippen molar-refractivity contribution in [3.05, 3.63) is 0 Å². The lowest BCUT2D eigenvalue weighted by atomic mass is 9.78. The molecule has 1 saturated heterocycles. The van der Waals surface area contributed by atoms with Gasteiger partial charge in [-0.2, -0.15) is 0 Å². The second kappa shape index (κ2) is 6.55. The van der Waals surface area contributed by atoms with Gasteiger partial charge in [-0.25, -0.2) is 0 Å². The lowest BCUT2D eigenvalue weighted by Gasteiger charge is -2.45. The summed E-state index contributed by atoms with van der Waals surface area (Å²) in [5, 5.41) is 13.7. The van der Waals surface area contributed by atoms with E-state index in [-0.39, 0.29) is 11.6 Å². The van der Waals surface area contributed by atoms with Crippen LogP contribution >= 0.6 is 0 Å². The minimum Gasteiger partial charge on any atom is -0.390 e. The molecule has 2 aliphatic rings. The van der Waals surface area contributed by atoms with Gasteiger partial charge in [0, 0.05) is 24.7 Å². The Morgan fingerprint density at radius 3 is 2.58 bits per heavy atom. The third-order valence-corrected chi connectivity index (χ3v) is 4.67. The first-order valence-corrected chi connectivity index (χ1v) is 8.13. The maximum Gasteiger partial charge on any atom is 0.0791 e. The Bertz CT molecular complexity index is 272. The predicted octanol–water partition coefficient (Wildman–Crippen LogP) is 2.39. The molecule has 0 amide bonds. The first-order valence-electron chi connectivity index (χ1n) is 8.13. The summed E-state index contributed by atoms with van der Waals surface area (Å²) < 4.78 is 0. The average molecular weight is 268 g/mol. The number of nitrogens with zero attached hydrogens (tertiary/aromatic N) is 1. The van der Waals surface area contributed by atoms with Gasteiger partial charge in [0.15, 0.2) is 0 Å². The number of fused-ring (bicyclic) bond motifs is 1. The summed E-state index contributed by atoms with van der Waals surface area (Å²) in [4.78, 5) is 2.57. The van der Waals surface area contributed by atoms with Crippen molar-refractivity contribution in [3.8, 4) is 0 Å². The molecule has 1 aliphatic heterocycles. The average Bonchev–Trinajstić information content (AvgIpc) is 2.36. The van der Waals surface area contributed by atoms with E-state index < -0.39 is 0 Å². The quantitative estimate of drug-likeness (QED) is 0.822. The van der Waals surface area contributed by atoms with Crippen molar-refractivity contribution in [2.75, 3.05) is 19.6 Å². The van der Waals surface area contributed by atoms with Crippen LogP contribution in [0.15, 0.2) is 0 Å². The molecule has 2 rings (SSSR count). The number of hydrogen-bond donors (Lipinski definition) is 2. The van der Waals surface area contributed by atoms with Gasteiger partial charge < -0.3 is 10.4 Å². The number of rotatable bonds is 4. The summed E-state index contributed by atoms with van der Waals surface area (Å²) in [6.45, 7) is 9.20. The predicted molar refractivity (Wildman–Crippen MR) is 80.3 cm³/mol. The molecular formula is C16H32N2O. The van der Waals surface area contributed by atoms with Crippen LogP contribution in [-0.4, -0.2) is 47.3 Å². The molecule has 0 radical (unpaired) electrons. The summed E-state index contributed by atoms with van der Waals surface area (Å²) in [6.07, 6.45) is 8.07. The van der Waals surface area contributed by atoms with E-state index in [2.05, 4.69) is 31.0 Å². The Balaban J connectivity index is 1.80. The van der Waals surface area contributed by atoms with E-state index in [0.29, 0.717) is 6.54 Å². The normalized spacial score (nSPS) is 30.9. The van der Waals surface area contributed by atoms with E-state index in [1.165, 1.54) is 45.1 Å². The number of likely N-dealkylation sites (tertiary alicyclic amines) is 1. The Kier molecular flexibility index (Phi) is 5.27. The Morgan fingerprint density at radius 1 is 1.16 bits per heavy atom. The maximum absolute atomic E-state index is 10.3. The molecule has 3 atom stereocenters. The van der Waals surface area contributed by atoms with Crippen LogP contribution in [0.25, 0.3) is 0 Å². The summed E-state index contributed by atoms with van der Waals surface area (Å²) >= 11 is 0. The molecule has 19 heavy (non-hydrogen) atoms. The van der Waals surface area contributed by atoms with E-state index in [9.17, 15) is 5.11 Å². The fraction of sp³-hybridized carbons (Fsp3) is 1.00. The van der Waals surface area contributed by atoms with Crippen molar-refractivity contribution in [2.24, 2.45) is 5.92 Å². The molecular weight excluding hydrogens is 236 g/mol. The smallest absolute Gasteiger partial charge is 0.0791 e. The number of piperidine rings is 1. The number of nitrogens with one attached hydrogen (secondary N) is 1. The molecule has 0 aromatic heterocycles. The molecule has 112 valence electrons. The molecule has 3 unspecified atom stereocenters. The van der Waals surface area contributed by atoms with Crippen LogP contribution in [0.2, 0.25) is 0 Å². The van der Waals surface area contributed by atoms with Gasteiger partial charge >= 0.3 is 0 Å². The standard InChI is InChI=1S/C16H32N2O/c1-16(2,3)17-11-14(19)12-18-10-6-8-13-7-4-5-9-15(13)18/h13-15,17,19H,4-12H2,1-3H3. The molecule has 1 saturated carbocycles. The van der Waals surface area contributed by atoms with Crippen LogP contribution in [0, 0.1) is 5.92 Å². The fourth-order valence-corrected chi connectivity index (χ4v) is 3.71. The maximum atomic E-state index is 10.3. The second-order valence-electron chi connectivity index (χ2n) is 7.53. The van der Waals surface area contributed by atoms with Crippen molar-refractivity contribution in [1.29, 1.82) is 0 Å². The third kappa shape index (κ3) is 4.73. The first kappa shape index (κ1) is 15.3. The molecule has 3 heteroatoms. The molecule has 1 aliphatic carbocycles. The zero-order valence-electron chi connectivity index (χ0n) is 13.0. The van der Waals surface area contributed by atoms with E-state index >= 15 is 0 Å². The first-order chi connectivity index (χ1) is 8.96. The van der Waals surface area contributed by atoms with Gasteiger partial charge in [-0.15, -0.1) is 0 Å². The SMILES string of the molecule is CC(C)(C)NCC(O)CN1CCCC2CCCCC21. The monoisotopic (exact) mass is 268 g/mol. The molecule has 0 bridgehead atoms. The van der Waals surface area contributed by atoms with E-state index in [1.807, 2.05) is 0 Å². The van der Waals surface area contributed by atoms with Gasteiger partial charge in [0.05, 0.1) is 6.10 Å². The zero-order chi connectivity index (χ0) is 13.9. The van der Waals surface area contributed by atoms with Gasteiger partial charge in [-0.05, 0) is 58.9 Å². The highest BCUT2D eigenvalue weighted by Crippen LogP contribution is 2.35. The van der Waals surface area contributed by atoms with Gasteiger partial charge in [-0.1, -0.05) is 12.8 Å². The number of aliphatic hydroxyl groups is 1. The minimum absolute atomic E-state index is 0.0935. The highest BCUT2D eigenvalue weighted by Gasteiger charge is 2.33. The fourth-order valence-electron chi connectivity index (χ4n) is 3.71. The molecule has 2 fully saturated rings. The van der Waals surface area contributed by atoms with Crippen molar-refractivity contribution in [1.82, 2.24) is 10.2 Å². The summed E-state index contributed by atoms with van der Waals surface area (Å²) in [6, 6.07) is 0.756. The molecule has 0 aromatic rings. The van der Waals surface area contributed by atoms with E-state index in [1.54, 1.807) is 0 Å². The number of hydrogen-bond acceptors (Lipinski definition) is 3. The molecule has 2 N–H and O–H groups in total. The van der Waals surface area contributed by atoms with Gasteiger partial charge in [-0.3, -0.25) is 4.90 Å². The van der Waals surface area contributed by atoms with Crippen LogP contribution < -0.4 is 5.32 Å². The largest absolute Gasteiger partial charge is 0.390 e. The molecule has 0 spiro atoms. The molecule has 0 aromatic carbocycles. The lowest BCUT2D eigenvalue weighted by Crippen LogP contribution is -2.51. The highest BCUT2D eigenvalue weighted by molar-refractivity contribution is 4.88. The lowest BCUT2D eigenvalue weighted by molar-refractivity contribution is 0.0197. The van der Waals surface area contributed by atoms with Crippen LogP contribution in [0.1, 0.15) is 59.3 Å². The van der Waals surface area contributed by atoms with Crippen molar-refractivity contribution < 1.29 is 5.11 Å². The van der Waals surface area contributed by atoms with Gasteiger partial charge in [0.2, 0.25) is 0 Å². The molecule has 3 nitrogen and oxygen atoms in total.